The minimum Gasteiger partial charge on any atom is -0.381 e. The highest BCUT2D eigenvalue weighted by Gasteiger charge is 2.50. The van der Waals surface area contributed by atoms with E-state index in [4.69, 9.17) is 9.88 Å². The number of nitrogens with zero attached hydrogens (tertiary/aromatic N) is 2. The van der Waals surface area contributed by atoms with Crippen molar-refractivity contribution in [2.75, 3.05) is 24.2 Å². The summed E-state index contributed by atoms with van der Waals surface area (Å²) < 4.78 is 70.9. The monoisotopic (exact) mass is 518 g/mol. The van der Waals surface area contributed by atoms with Crippen molar-refractivity contribution in [1.29, 1.82) is 0 Å². The predicted octanol–water partition coefficient (Wildman–Crippen LogP) is 2.98. The lowest BCUT2D eigenvalue weighted by molar-refractivity contribution is -0.145. The van der Waals surface area contributed by atoms with Crippen molar-refractivity contribution in [3.8, 4) is 0 Å². The van der Waals surface area contributed by atoms with E-state index in [9.17, 15) is 26.4 Å². The van der Waals surface area contributed by atoms with Gasteiger partial charge in [0.1, 0.15) is 6.67 Å². The van der Waals surface area contributed by atoms with Gasteiger partial charge < -0.3 is 15.0 Å². The normalized spacial score (nSPS) is 26.3. The Morgan fingerprint density at radius 1 is 1.20 bits per heavy atom. The molecule has 1 saturated heterocycles. The minimum absolute atomic E-state index is 0.0395. The Kier molecular flexibility index (Phi) is 7.13. The maximum atomic E-state index is 14.0. The van der Waals surface area contributed by atoms with E-state index < -0.39 is 27.4 Å². The topological polar surface area (TPSA) is 105 Å². The highest BCUT2D eigenvalue weighted by atomic mass is 32.2. The molecule has 3 N–H and O–H groups in total. The van der Waals surface area contributed by atoms with Crippen LogP contribution in [0.4, 0.5) is 18.9 Å². The Morgan fingerprint density at radius 3 is 2.49 bits per heavy atom. The third-order valence-corrected chi connectivity index (χ3v) is 8.63. The van der Waals surface area contributed by atoms with E-state index in [0.29, 0.717) is 32.1 Å². The van der Waals surface area contributed by atoms with Crippen molar-refractivity contribution in [3.05, 3.63) is 29.3 Å². The molecule has 1 aliphatic carbocycles. The summed E-state index contributed by atoms with van der Waals surface area (Å²) in [6.45, 7) is 4.89. The van der Waals surface area contributed by atoms with Crippen molar-refractivity contribution >= 4 is 21.8 Å². The number of nitrogens with one attached hydrogen (secondary N) is 1. The molecule has 3 aliphatic rings. The first kappa shape index (κ1) is 26.2. The first-order valence-electron chi connectivity index (χ1n) is 11.9. The van der Waals surface area contributed by atoms with E-state index >= 15 is 0 Å². The molecular formula is C23H33F3N4O4S. The van der Waals surface area contributed by atoms with Crippen molar-refractivity contribution in [1.82, 2.24) is 10.2 Å². The summed E-state index contributed by atoms with van der Waals surface area (Å²) in [4.78, 5) is 15.3. The number of benzene rings is 1. The van der Waals surface area contributed by atoms with Crippen LogP contribution in [0.2, 0.25) is 0 Å². The molecule has 0 spiro atoms. The molecule has 35 heavy (non-hydrogen) atoms. The first-order chi connectivity index (χ1) is 16.3. The SMILES string of the molecule is CC(C)[C@]1(C(=O)N2Cc3cc(C(F)(F)F)ccc3N(S(N)(=O)=O)C2)CC[C@@H](NC2CCOCC2)C1. The summed E-state index contributed by atoms with van der Waals surface area (Å²) in [5.74, 6) is -0.289. The summed E-state index contributed by atoms with van der Waals surface area (Å²) in [6.07, 6.45) is -0.780. The van der Waals surface area contributed by atoms with Crippen molar-refractivity contribution in [2.45, 2.75) is 70.8 Å². The second-order valence-electron chi connectivity index (χ2n) is 10.2. The van der Waals surface area contributed by atoms with Crippen LogP contribution in [0.25, 0.3) is 0 Å². The van der Waals surface area contributed by atoms with Gasteiger partial charge in [-0.3, -0.25) is 4.79 Å². The summed E-state index contributed by atoms with van der Waals surface area (Å²) in [5.41, 5.74) is -1.48. The predicted molar refractivity (Wildman–Crippen MR) is 124 cm³/mol. The molecule has 4 rings (SSSR count). The molecule has 0 unspecified atom stereocenters. The molecule has 1 aromatic rings. The lowest BCUT2D eigenvalue weighted by atomic mass is 9.74. The number of fused-ring (bicyclic) bond motifs is 1. The fourth-order valence-electron chi connectivity index (χ4n) is 5.67. The smallest absolute Gasteiger partial charge is 0.381 e. The fraction of sp³-hybridized carbons (Fsp3) is 0.696. The minimum atomic E-state index is -4.60. The lowest BCUT2D eigenvalue weighted by Gasteiger charge is -2.42. The molecule has 8 nitrogen and oxygen atoms in total. The van der Waals surface area contributed by atoms with Crippen molar-refractivity contribution < 1.29 is 31.1 Å². The van der Waals surface area contributed by atoms with Gasteiger partial charge in [0.25, 0.3) is 0 Å². The molecule has 1 amide bonds. The Morgan fingerprint density at radius 2 is 1.89 bits per heavy atom. The number of hydrogen-bond acceptors (Lipinski definition) is 5. The maximum Gasteiger partial charge on any atom is 0.416 e. The van der Waals surface area contributed by atoms with Crippen LogP contribution in [0.5, 0.6) is 0 Å². The van der Waals surface area contributed by atoms with E-state index in [1.54, 1.807) is 0 Å². The number of nitrogens with two attached hydrogens (primary N) is 1. The van der Waals surface area contributed by atoms with E-state index in [-0.39, 0.29) is 42.3 Å². The largest absolute Gasteiger partial charge is 0.416 e. The number of anilines is 1. The average molecular weight is 519 g/mol. The fourth-order valence-corrected chi connectivity index (χ4v) is 6.42. The van der Waals surface area contributed by atoms with Crippen LogP contribution in [-0.2, 0) is 32.5 Å². The number of halogens is 3. The average Bonchev–Trinajstić information content (AvgIpc) is 3.22. The van der Waals surface area contributed by atoms with Crippen LogP contribution in [0, 0.1) is 11.3 Å². The van der Waals surface area contributed by atoms with Gasteiger partial charge in [-0.25, -0.2) is 9.44 Å². The van der Waals surface area contributed by atoms with Crippen molar-refractivity contribution in [3.63, 3.8) is 0 Å². The summed E-state index contributed by atoms with van der Waals surface area (Å²) in [7, 11) is -4.31. The van der Waals surface area contributed by atoms with Gasteiger partial charge in [-0.05, 0) is 61.8 Å². The molecule has 2 aliphatic heterocycles. The standard InChI is InChI=1S/C23H33F3N4O4S/c1-15(2)22(8-5-19(12-22)28-18-6-9-34-10-7-18)21(31)29-13-16-11-17(23(24,25)26)3-4-20(16)30(14-29)35(27,32)33/h3-4,11,15,18-19,28H,5-10,12-14H2,1-2H3,(H2,27,32,33)/t19-,22+/m1/s1. The summed E-state index contributed by atoms with van der Waals surface area (Å²) >= 11 is 0. The van der Waals surface area contributed by atoms with Gasteiger partial charge in [0, 0.05) is 31.8 Å². The second-order valence-corrected chi connectivity index (χ2v) is 11.7. The van der Waals surface area contributed by atoms with E-state index in [0.717, 1.165) is 41.8 Å². The Labute approximate surface area is 204 Å². The molecule has 2 fully saturated rings. The molecule has 0 bridgehead atoms. The number of ether oxygens (including phenoxy) is 1. The van der Waals surface area contributed by atoms with Gasteiger partial charge in [0.2, 0.25) is 5.91 Å². The Bertz CT molecular complexity index is 1060. The van der Waals surface area contributed by atoms with Gasteiger partial charge in [0.05, 0.1) is 16.7 Å². The Hall–Kier alpha value is -1.89. The van der Waals surface area contributed by atoms with Gasteiger partial charge in [-0.1, -0.05) is 13.8 Å². The van der Waals surface area contributed by atoms with Crippen LogP contribution in [0.15, 0.2) is 18.2 Å². The zero-order chi connectivity index (χ0) is 25.6. The number of hydrogen-bond donors (Lipinski definition) is 2. The van der Waals surface area contributed by atoms with Crippen LogP contribution in [0.3, 0.4) is 0 Å². The van der Waals surface area contributed by atoms with E-state index in [2.05, 4.69) is 5.32 Å². The number of carbonyl (C=O) groups excluding carboxylic acids is 1. The van der Waals surface area contributed by atoms with Crippen LogP contribution in [0.1, 0.15) is 57.1 Å². The third-order valence-electron chi connectivity index (χ3n) is 7.70. The molecule has 196 valence electrons. The van der Waals surface area contributed by atoms with Gasteiger partial charge in [-0.2, -0.15) is 21.6 Å². The molecule has 0 aromatic heterocycles. The highest BCUT2D eigenvalue weighted by molar-refractivity contribution is 7.90. The van der Waals surface area contributed by atoms with Gasteiger partial charge in [-0.15, -0.1) is 0 Å². The number of rotatable bonds is 5. The van der Waals surface area contributed by atoms with Crippen LogP contribution in [-0.4, -0.2) is 51.2 Å². The number of alkyl halides is 3. The molecule has 1 saturated carbocycles. The molecule has 0 radical (unpaired) electrons. The maximum absolute atomic E-state index is 14.0. The zero-order valence-electron chi connectivity index (χ0n) is 20.0. The van der Waals surface area contributed by atoms with Crippen LogP contribution >= 0.6 is 0 Å². The third kappa shape index (κ3) is 5.30. The molecule has 2 atom stereocenters. The van der Waals surface area contributed by atoms with E-state index in [1.807, 2.05) is 13.8 Å². The number of amides is 1. The van der Waals surface area contributed by atoms with E-state index in [1.165, 1.54) is 4.90 Å². The zero-order valence-corrected chi connectivity index (χ0v) is 20.8. The summed E-state index contributed by atoms with van der Waals surface area (Å²) in [5, 5.41) is 9.06. The van der Waals surface area contributed by atoms with Crippen LogP contribution < -0.4 is 14.8 Å². The van der Waals surface area contributed by atoms with Gasteiger partial charge >= 0.3 is 16.4 Å². The molecule has 12 heteroatoms. The molecule has 1 aromatic carbocycles. The molecular weight excluding hydrogens is 485 g/mol. The lowest BCUT2D eigenvalue weighted by Crippen LogP contribution is -2.54. The highest BCUT2D eigenvalue weighted by Crippen LogP contribution is 2.47. The first-order valence-corrected chi connectivity index (χ1v) is 13.5. The summed E-state index contributed by atoms with van der Waals surface area (Å²) in [6, 6.07) is 3.29. The van der Waals surface area contributed by atoms with Gasteiger partial charge in [0.15, 0.2) is 0 Å². The van der Waals surface area contributed by atoms with Crippen molar-refractivity contribution in [2.24, 2.45) is 16.5 Å². The Balaban J connectivity index is 1.61. The number of carbonyl (C=O) groups is 1. The quantitative estimate of drug-likeness (QED) is 0.624. The second kappa shape index (κ2) is 9.53. The molecule has 2 heterocycles.